The van der Waals surface area contributed by atoms with Gasteiger partial charge in [0, 0.05) is 11.2 Å². The fraction of sp³-hybridized carbons (Fsp3) is 0.429. The van der Waals surface area contributed by atoms with Gasteiger partial charge in [-0.1, -0.05) is 11.6 Å². The van der Waals surface area contributed by atoms with Crippen LogP contribution in [0.15, 0.2) is 23.4 Å². The summed E-state index contributed by atoms with van der Waals surface area (Å²) >= 11 is 5.67. The standard InChI is InChI=1S/C7H10ClNO/c1-2-10-9-5-3-7(8)4-6-9/h3-5H,2,6H2,1H3. The van der Waals surface area contributed by atoms with E-state index in [9.17, 15) is 0 Å². The van der Waals surface area contributed by atoms with Crippen molar-refractivity contribution in [2.75, 3.05) is 13.2 Å². The van der Waals surface area contributed by atoms with Crippen LogP contribution in [0.2, 0.25) is 0 Å². The molecule has 0 aromatic rings. The summed E-state index contributed by atoms with van der Waals surface area (Å²) in [6.45, 7) is 3.38. The van der Waals surface area contributed by atoms with Crippen LogP contribution in [0.3, 0.4) is 0 Å². The number of hydrogen-bond donors (Lipinski definition) is 0. The smallest absolute Gasteiger partial charge is 0.0720 e. The summed E-state index contributed by atoms with van der Waals surface area (Å²) in [4.78, 5) is 5.17. The fourth-order valence-corrected chi connectivity index (χ4v) is 0.847. The molecule has 3 heteroatoms. The lowest BCUT2D eigenvalue weighted by Crippen LogP contribution is -2.19. The Morgan fingerprint density at radius 1 is 1.80 bits per heavy atom. The van der Waals surface area contributed by atoms with Crippen molar-refractivity contribution in [3.8, 4) is 0 Å². The summed E-state index contributed by atoms with van der Waals surface area (Å²) in [5, 5.41) is 2.52. The van der Waals surface area contributed by atoms with E-state index in [1.807, 2.05) is 19.2 Å². The van der Waals surface area contributed by atoms with E-state index in [4.69, 9.17) is 16.4 Å². The Morgan fingerprint density at radius 2 is 2.60 bits per heavy atom. The first kappa shape index (κ1) is 7.63. The van der Waals surface area contributed by atoms with E-state index >= 15 is 0 Å². The van der Waals surface area contributed by atoms with E-state index in [1.165, 1.54) is 0 Å². The van der Waals surface area contributed by atoms with Crippen LogP contribution in [-0.4, -0.2) is 18.2 Å². The van der Waals surface area contributed by atoms with E-state index in [1.54, 1.807) is 11.1 Å². The zero-order valence-corrected chi connectivity index (χ0v) is 6.64. The molecule has 1 rings (SSSR count). The molecule has 1 aliphatic heterocycles. The molecule has 0 aromatic heterocycles. The Labute approximate surface area is 65.7 Å². The molecule has 0 atom stereocenters. The zero-order valence-electron chi connectivity index (χ0n) is 5.88. The molecule has 0 aromatic carbocycles. The molecule has 0 bridgehead atoms. The molecule has 0 saturated carbocycles. The number of nitrogens with zero attached hydrogens (tertiary/aromatic N) is 1. The van der Waals surface area contributed by atoms with Gasteiger partial charge in [0.15, 0.2) is 0 Å². The molecule has 0 unspecified atom stereocenters. The van der Waals surface area contributed by atoms with Crippen LogP contribution < -0.4 is 0 Å². The number of hydroxylamine groups is 2. The van der Waals surface area contributed by atoms with E-state index in [-0.39, 0.29) is 0 Å². The van der Waals surface area contributed by atoms with Gasteiger partial charge in [-0.2, -0.15) is 0 Å². The van der Waals surface area contributed by atoms with E-state index in [0.29, 0.717) is 6.61 Å². The van der Waals surface area contributed by atoms with E-state index in [0.717, 1.165) is 11.6 Å². The predicted molar refractivity (Wildman–Crippen MR) is 41.4 cm³/mol. The first-order valence-corrected chi connectivity index (χ1v) is 3.64. The van der Waals surface area contributed by atoms with Gasteiger partial charge < -0.3 is 0 Å². The zero-order chi connectivity index (χ0) is 7.40. The minimum Gasteiger partial charge on any atom is -0.274 e. The van der Waals surface area contributed by atoms with Crippen molar-refractivity contribution in [3.05, 3.63) is 23.4 Å². The molecular weight excluding hydrogens is 150 g/mol. The Bertz CT molecular complexity index is 165. The molecule has 2 nitrogen and oxygen atoms in total. The van der Waals surface area contributed by atoms with E-state index in [2.05, 4.69) is 0 Å². The van der Waals surface area contributed by atoms with Gasteiger partial charge in [0.25, 0.3) is 0 Å². The second-order valence-electron chi connectivity index (χ2n) is 1.92. The molecular formula is C7H10ClNO. The highest BCUT2D eigenvalue weighted by atomic mass is 35.5. The van der Waals surface area contributed by atoms with Gasteiger partial charge in [0.2, 0.25) is 0 Å². The molecule has 0 spiro atoms. The van der Waals surface area contributed by atoms with Gasteiger partial charge in [-0.3, -0.25) is 9.90 Å². The maximum Gasteiger partial charge on any atom is 0.0720 e. The Balaban J connectivity index is 2.37. The number of allylic oxidation sites excluding steroid dienone is 2. The van der Waals surface area contributed by atoms with Crippen LogP contribution in [0, 0.1) is 0 Å². The normalized spacial score (nSPS) is 17.4. The summed E-state index contributed by atoms with van der Waals surface area (Å²) in [5.74, 6) is 0. The fourth-order valence-electron chi connectivity index (χ4n) is 0.722. The van der Waals surface area contributed by atoms with Gasteiger partial charge >= 0.3 is 0 Å². The highest BCUT2D eigenvalue weighted by Crippen LogP contribution is 2.09. The van der Waals surface area contributed by atoms with Crippen molar-refractivity contribution in [1.82, 2.24) is 5.06 Å². The third-order valence-corrected chi connectivity index (χ3v) is 1.44. The van der Waals surface area contributed by atoms with Crippen molar-refractivity contribution in [3.63, 3.8) is 0 Å². The molecule has 0 fully saturated rings. The molecule has 10 heavy (non-hydrogen) atoms. The lowest BCUT2D eigenvalue weighted by Gasteiger charge is -2.19. The highest BCUT2D eigenvalue weighted by molar-refractivity contribution is 6.31. The van der Waals surface area contributed by atoms with Gasteiger partial charge in [-0.05, 0) is 19.1 Å². The maximum atomic E-state index is 5.67. The quantitative estimate of drug-likeness (QED) is 0.610. The van der Waals surface area contributed by atoms with Crippen LogP contribution in [0.4, 0.5) is 0 Å². The van der Waals surface area contributed by atoms with E-state index < -0.39 is 0 Å². The van der Waals surface area contributed by atoms with Crippen molar-refractivity contribution >= 4 is 11.6 Å². The van der Waals surface area contributed by atoms with Gasteiger partial charge in [-0.15, -0.1) is 0 Å². The summed E-state index contributed by atoms with van der Waals surface area (Å²) in [7, 11) is 0. The molecule has 0 radical (unpaired) electrons. The first-order valence-electron chi connectivity index (χ1n) is 3.26. The minimum atomic E-state index is 0.690. The summed E-state index contributed by atoms with van der Waals surface area (Å²) in [6.07, 6.45) is 5.53. The lowest BCUT2D eigenvalue weighted by molar-refractivity contribution is -0.107. The highest BCUT2D eigenvalue weighted by Gasteiger charge is 2.00. The van der Waals surface area contributed by atoms with Crippen molar-refractivity contribution < 1.29 is 4.84 Å². The van der Waals surface area contributed by atoms with Crippen molar-refractivity contribution in [2.24, 2.45) is 0 Å². The van der Waals surface area contributed by atoms with Crippen LogP contribution in [0.5, 0.6) is 0 Å². The summed E-state index contributed by atoms with van der Waals surface area (Å²) < 4.78 is 0. The lowest BCUT2D eigenvalue weighted by atomic mass is 10.4. The van der Waals surface area contributed by atoms with Crippen LogP contribution >= 0.6 is 11.6 Å². The summed E-state index contributed by atoms with van der Waals surface area (Å²) in [5.41, 5.74) is 0. The molecule has 1 aliphatic rings. The largest absolute Gasteiger partial charge is 0.274 e. The second kappa shape index (κ2) is 3.64. The SMILES string of the molecule is CCON1C=CC(Cl)=CC1. The third-order valence-electron chi connectivity index (χ3n) is 1.16. The van der Waals surface area contributed by atoms with Gasteiger partial charge in [-0.25, -0.2) is 0 Å². The van der Waals surface area contributed by atoms with Crippen LogP contribution in [0.1, 0.15) is 6.92 Å². The Hall–Kier alpha value is -0.470. The predicted octanol–water partition coefficient (Wildman–Crippen LogP) is 1.89. The first-order chi connectivity index (χ1) is 4.83. The number of halogens is 1. The summed E-state index contributed by atoms with van der Waals surface area (Å²) in [6, 6.07) is 0. The molecule has 0 N–H and O–H groups in total. The Morgan fingerprint density at radius 3 is 3.10 bits per heavy atom. The molecule has 0 amide bonds. The monoisotopic (exact) mass is 159 g/mol. The molecule has 56 valence electrons. The third kappa shape index (κ3) is 2.05. The van der Waals surface area contributed by atoms with Crippen LogP contribution in [0.25, 0.3) is 0 Å². The molecule has 1 heterocycles. The second-order valence-corrected chi connectivity index (χ2v) is 2.36. The average Bonchev–Trinajstić information content (AvgIpc) is 1.95. The Kier molecular flexibility index (Phi) is 2.78. The van der Waals surface area contributed by atoms with Gasteiger partial charge in [0.1, 0.15) is 0 Å². The van der Waals surface area contributed by atoms with Gasteiger partial charge in [0.05, 0.1) is 13.2 Å². The molecule has 0 saturated heterocycles. The topological polar surface area (TPSA) is 12.5 Å². The van der Waals surface area contributed by atoms with Crippen LogP contribution in [-0.2, 0) is 4.84 Å². The average molecular weight is 160 g/mol. The van der Waals surface area contributed by atoms with Crippen molar-refractivity contribution in [2.45, 2.75) is 6.92 Å². The minimum absolute atomic E-state index is 0.690. The number of hydrogen-bond acceptors (Lipinski definition) is 2. The van der Waals surface area contributed by atoms with Crippen molar-refractivity contribution in [1.29, 1.82) is 0 Å². The molecule has 0 aliphatic carbocycles. The number of rotatable bonds is 2. The maximum absolute atomic E-state index is 5.67.